The molecule has 0 saturated carbocycles. The van der Waals surface area contributed by atoms with E-state index in [9.17, 15) is 9.59 Å². The number of aryl methyl sites for hydroxylation is 1. The minimum Gasteiger partial charge on any atom is -0.351 e. The van der Waals surface area contributed by atoms with Crippen LogP contribution in [0.5, 0.6) is 0 Å². The molecule has 2 aromatic rings. The van der Waals surface area contributed by atoms with Crippen molar-refractivity contribution in [2.45, 2.75) is 38.3 Å². The van der Waals surface area contributed by atoms with Gasteiger partial charge in [-0.15, -0.1) is 0 Å². The smallest absolute Gasteiger partial charge is 0.265 e. The van der Waals surface area contributed by atoms with Crippen LogP contribution in [0.1, 0.15) is 35.1 Å². The van der Waals surface area contributed by atoms with Gasteiger partial charge in [-0.05, 0) is 37.4 Å². The molecule has 1 N–H and O–H groups in total. The van der Waals surface area contributed by atoms with E-state index in [1.807, 2.05) is 23.4 Å². The first-order valence-electron chi connectivity index (χ1n) is 8.01. The lowest BCUT2D eigenvalue weighted by molar-refractivity contribution is -0.121. The maximum absolute atomic E-state index is 12.6. The second kappa shape index (κ2) is 7.12. The third-order valence-corrected chi connectivity index (χ3v) is 5.15. The Morgan fingerprint density at radius 2 is 2.25 bits per heavy atom. The molecule has 7 nitrogen and oxygen atoms in total. The number of amides is 2. The van der Waals surface area contributed by atoms with Gasteiger partial charge in [0.25, 0.3) is 5.91 Å². The second-order valence-electron chi connectivity index (χ2n) is 6.20. The Morgan fingerprint density at radius 1 is 1.42 bits per heavy atom. The Morgan fingerprint density at radius 3 is 2.92 bits per heavy atom. The number of hydrogen-bond acceptors (Lipinski definition) is 5. The van der Waals surface area contributed by atoms with Crippen LogP contribution in [-0.4, -0.2) is 49.3 Å². The molecular formula is C16H21N5O2S. The zero-order valence-corrected chi connectivity index (χ0v) is 14.6. The van der Waals surface area contributed by atoms with Gasteiger partial charge in [0.05, 0.1) is 12.7 Å². The maximum Gasteiger partial charge on any atom is 0.265 e. The van der Waals surface area contributed by atoms with Crippen molar-refractivity contribution in [1.82, 2.24) is 24.1 Å². The second-order valence-corrected chi connectivity index (χ2v) is 7.03. The molecule has 0 spiro atoms. The molecule has 0 aliphatic carbocycles. The SMILES string of the molecule is CC1CCC(NC(=O)Cc2cncn2C)CN1C(=O)c1ccns1. The number of hydrogen-bond donors (Lipinski definition) is 1. The van der Waals surface area contributed by atoms with E-state index in [4.69, 9.17) is 0 Å². The van der Waals surface area contributed by atoms with Crippen LogP contribution in [0.15, 0.2) is 24.8 Å². The summed E-state index contributed by atoms with van der Waals surface area (Å²) in [6.45, 7) is 2.58. The fourth-order valence-electron chi connectivity index (χ4n) is 2.97. The van der Waals surface area contributed by atoms with Crippen LogP contribution in [0.4, 0.5) is 0 Å². The van der Waals surface area contributed by atoms with Crippen LogP contribution in [-0.2, 0) is 18.3 Å². The summed E-state index contributed by atoms with van der Waals surface area (Å²) >= 11 is 1.21. The molecule has 1 fully saturated rings. The lowest BCUT2D eigenvalue weighted by atomic mass is 9.99. The summed E-state index contributed by atoms with van der Waals surface area (Å²) in [5.74, 6) is -0.0427. The van der Waals surface area contributed by atoms with Crippen molar-refractivity contribution in [3.63, 3.8) is 0 Å². The molecule has 24 heavy (non-hydrogen) atoms. The van der Waals surface area contributed by atoms with E-state index < -0.39 is 0 Å². The van der Waals surface area contributed by atoms with Crippen LogP contribution in [0.2, 0.25) is 0 Å². The Bertz CT molecular complexity index is 712. The summed E-state index contributed by atoms with van der Waals surface area (Å²) in [5.41, 5.74) is 0.870. The summed E-state index contributed by atoms with van der Waals surface area (Å²) in [7, 11) is 1.87. The third kappa shape index (κ3) is 3.64. The molecule has 1 saturated heterocycles. The van der Waals surface area contributed by atoms with Crippen LogP contribution in [0.3, 0.4) is 0 Å². The first-order valence-corrected chi connectivity index (χ1v) is 8.78. The average molecular weight is 347 g/mol. The summed E-state index contributed by atoms with van der Waals surface area (Å²) in [4.78, 5) is 31.3. The van der Waals surface area contributed by atoms with Crippen molar-refractivity contribution in [3.05, 3.63) is 35.4 Å². The number of carbonyl (C=O) groups is 2. The van der Waals surface area contributed by atoms with Crippen molar-refractivity contribution in [3.8, 4) is 0 Å². The van der Waals surface area contributed by atoms with Gasteiger partial charge >= 0.3 is 0 Å². The molecule has 1 aliphatic heterocycles. The zero-order valence-electron chi connectivity index (χ0n) is 13.8. The number of rotatable bonds is 4. The van der Waals surface area contributed by atoms with Crippen molar-refractivity contribution >= 4 is 23.3 Å². The first-order chi connectivity index (χ1) is 11.5. The quantitative estimate of drug-likeness (QED) is 0.902. The van der Waals surface area contributed by atoms with Gasteiger partial charge in [0, 0.05) is 43.8 Å². The number of likely N-dealkylation sites (tertiary alicyclic amines) is 1. The lowest BCUT2D eigenvalue weighted by Gasteiger charge is -2.38. The number of nitrogens with one attached hydrogen (secondary N) is 1. The van der Waals surface area contributed by atoms with Gasteiger partial charge in [0.15, 0.2) is 0 Å². The lowest BCUT2D eigenvalue weighted by Crippen LogP contribution is -2.53. The van der Waals surface area contributed by atoms with E-state index in [2.05, 4.69) is 14.7 Å². The molecule has 1 aliphatic rings. The van der Waals surface area contributed by atoms with Crippen molar-refractivity contribution < 1.29 is 9.59 Å². The van der Waals surface area contributed by atoms with Gasteiger partial charge in [0.2, 0.25) is 5.91 Å². The predicted octanol–water partition coefficient (Wildman–Crippen LogP) is 1.23. The monoisotopic (exact) mass is 347 g/mol. The number of imidazole rings is 1. The highest BCUT2D eigenvalue weighted by Gasteiger charge is 2.31. The molecule has 0 aromatic carbocycles. The fraction of sp³-hybridized carbons (Fsp3) is 0.500. The van der Waals surface area contributed by atoms with Crippen molar-refractivity contribution in [1.29, 1.82) is 0 Å². The van der Waals surface area contributed by atoms with Gasteiger partial charge in [-0.25, -0.2) is 9.36 Å². The number of nitrogens with zero attached hydrogens (tertiary/aromatic N) is 4. The summed E-state index contributed by atoms with van der Waals surface area (Å²) in [6, 6.07) is 1.90. The Hall–Kier alpha value is -2.22. The van der Waals surface area contributed by atoms with Crippen molar-refractivity contribution in [2.24, 2.45) is 7.05 Å². The molecule has 0 bridgehead atoms. The van der Waals surface area contributed by atoms with Gasteiger partial charge in [-0.3, -0.25) is 9.59 Å². The van der Waals surface area contributed by atoms with Crippen LogP contribution < -0.4 is 5.32 Å². The van der Waals surface area contributed by atoms with E-state index >= 15 is 0 Å². The normalized spacial score (nSPS) is 20.8. The Kier molecular flexibility index (Phi) is 4.94. The molecule has 2 amide bonds. The van der Waals surface area contributed by atoms with E-state index in [0.29, 0.717) is 17.8 Å². The molecule has 3 heterocycles. The fourth-order valence-corrected chi connectivity index (χ4v) is 3.53. The predicted molar refractivity (Wildman–Crippen MR) is 90.7 cm³/mol. The van der Waals surface area contributed by atoms with Gasteiger partial charge in [0.1, 0.15) is 4.88 Å². The highest BCUT2D eigenvalue weighted by Crippen LogP contribution is 2.21. The zero-order chi connectivity index (χ0) is 17.1. The van der Waals surface area contributed by atoms with Crippen LogP contribution in [0, 0.1) is 0 Å². The van der Waals surface area contributed by atoms with Crippen molar-refractivity contribution in [2.75, 3.05) is 6.54 Å². The molecule has 2 aromatic heterocycles. The molecule has 0 radical (unpaired) electrons. The topological polar surface area (TPSA) is 80.1 Å². The third-order valence-electron chi connectivity index (χ3n) is 4.41. The van der Waals surface area contributed by atoms with Gasteiger partial charge < -0.3 is 14.8 Å². The van der Waals surface area contributed by atoms with Gasteiger partial charge in [-0.1, -0.05) is 0 Å². The molecule has 128 valence electrons. The highest BCUT2D eigenvalue weighted by atomic mass is 32.1. The molecular weight excluding hydrogens is 326 g/mol. The molecule has 2 unspecified atom stereocenters. The molecule has 8 heteroatoms. The van der Waals surface area contributed by atoms with E-state index in [-0.39, 0.29) is 23.9 Å². The maximum atomic E-state index is 12.6. The van der Waals surface area contributed by atoms with Crippen LogP contribution in [0.25, 0.3) is 0 Å². The minimum atomic E-state index is -0.0386. The average Bonchev–Trinajstić information content (AvgIpc) is 3.21. The van der Waals surface area contributed by atoms with E-state index in [1.54, 1.807) is 24.8 Å². The molecule has 2 atom stereocenters. The van der Waals surface area contributed by atoms with Crippen LogP contribution >= 0.6 is 11.5 Å². The Balaban J connectivity index is 1.60. The minimum absolute atomic E-state index is 0.00409. The summed E-state index contributed by atoms with van der Waals surface area (Å²) < 4.78 is 5.83. The summed E-state index contributed by atoms with van der Waals surface area (Å²) in [6.07, 6.45) is 7.07. The van der Waals surface area contributed by atoms with E-state index in [1.165, 1.54) is 11.5 Å². The van der Waals surface area contributed by atoms with E-state index in [0.717, 1.165) is 18.5 Å². The Labute approximate surface area is 144 Å². The first kappa shape index (κ1) is 16.6. The molecule has 3 rings (SSSR count). The number of carbonyl (C=O) groups excluding carboxylic acids is 2. The number of piperidine rings is 1. The van der Waals surface area contributed by atoms with Gasteiger partial charge in [-0.2, -0.15) is 0 Å². The number of aromatic nitrogens is 3. The standard InChI is InChI=1S/C16H21N5O2S/c1-11-3-4-12(9-21(11)16(23)14-5-6-18-24-14)19-15(22)7-13-8-17-10-20(13)2/h5-6,8,10-12H,3-4,7,9H2,1-2H3,(H,19,22). The largest absolute Gasteiger partial charge is 0.351 e. The summed E-state index contributed by atoms with van der Waals surface area (Å²) in [5, 5.41) is 3.05. The highest BCUT2D eigenvalue weighted by molar-refractivity contribution is 7.08.